The maximum atomic E-state index is 9.63. The Bertz CT molecular complexity index is 3060. The predicted octanol–water partition coefficient (Wildman–Crippen LogP) is 14.6. The number of anilines is 3. The second-order valence-electron chi connectivity index (χ2n) is 12.8. The zero-order valence-corrected chi connectivity index (χ0v) is 28.7. The van der Waals surface area contributed by atoms with E-state index in [0.717, 1.165) is 38.6 Å². The molecule has 0 bridgehead atoms. The van der Waals surface area contributed by atoms with Gasteiger partial charge in [0.05, 0.1) is 16.7 Å². The Morgan fingerprint density at radius 3 is 1.38 bits per heavy atom. The molecule has 1 nitrogen and oxygen atoms in total. The van der Waals surface area contributed by atoms with Gasteiger partial charge in [0.2, 0.25) is 0 Å². The molecule has 9 aromatic carbocycles. The number of para-hydroxylation sites is 1. The molecule has 0 amide bonds. The van der Waals surface area contributed by atoms with Crippen LogP contribution in [0, 0.1) is 0 Å². The van der Waals surface area contributed by atoms with Crippen LogP contribution in [-0.2, 0) is 0 Å². The van der Waals surface area contributed by atoms with Crippen molar-refractivity contribution in [2.75, 3.05) is 4.90 Å². The third kappa shape index (κ3) is 6.65. The summed E-state index contributed by atoms with van der Waals surface area (Å²) >= 11 is 0. The van der Waals surface area contributed by atoms with Gasteiger partial charge in [0.15, 0.2) is 0 Å². The maximum absolute atomic E-state index is 9.63. The second-order valence-corrected chi connectivity index (χ2v) is 12.8. The van der Waals surface area contributed by atoms with Gasteiger partial charge in [0.25, 0.3) is 0 Å². The number of benzene rings is 9. The average Bonchev–Trinajstić information content (AvgIpc) is 3.30. The Kier molecular flexibility index (Phi) is 6.57. The van der Waals surface area contributed by atoms with Crippen molar-refractivity contribution in [2.45, 2.75) is 0 Å². The van der Waals surface area contributed by atoms with Crippen molar-refractivity contribution >= 4 is 27.8 Å². The molecule has 0 unspecified atom stereocenters. The van der Waals surface area contributed by atoms with Crippen LogP contribution < -0.4 is 4.90 Å². The lowest BCUT2D eigenvalue weighted by atomic mass is 9.96. The van der Waals surface area contributed by atoms with E-state index in [9.17, 15) is 11.0 Å². The van der Waals surface area contributed by atoms with Crippen molar-refractivity contribution in [3.8, 4) is 55.6 Å². The van der Waals surface area contributed by atoms with Crippen LogP contribution in [0.4, 0.5) is 17.1 Å². The summed E-state index contributed by atoms with van der Waals surface area (Å²) in [5.74, 6) is 0. The molecule has 0 spiro atoms. The monoisotopic (exact) mass is 683 g/mol. The number of fused-ring (bicyclic) bond motifs is 1. The van der Waals surface area contributed by atoms with Crippen molar-refractivity contribution in [3.63, 3.8) is 0 Å². The normalized spacial score (nSPS) is 13.1. The third-order valence-corrected chi connectivity index (χ3v) is 9.42. The highest BCUT2D eigenvalue weighted by atomic mass is 15.1. The van der Waals surface area contributed by atoms with Gasteiger partial charge in [-0.3, -0.25) is 0 Å². The van der Waals surface area contributed by atoms with Gasteiger partial charge in [0.1, 0.15) is 0 Å². The van der Waals surface area contributed by atoms with E-state index in [0.29, 0.717) is 22.4 Å². The van der Waals surface area contributed by atoms with Crippen LogP contribution in [0.15, 0.2) is 224 Å². The molecular weight excluding hydrogens is 639 g/mol. The van der Waals surface area contributed by atoms with Crippen LogP contribution in [0.25, 0.3) is 66.4 Å². The van der Waals surface area contributed by atoms with Crippen LogP contribution >= 0.6 is 0 Å². The molecule has 0 saturated heterocycles. The first-order chi connectivity index (χ1) is 29.6. The molecule has 0 aliphatic heterocycles. The van der Waals surface area contributed by atoms with Crippen LogP contribution in [0.1, 0.15) is 11.0 Å². The van der Waals surface area contributed by atoms with Crippen LogP contribution in [0.3, 0.4) is 0 Å². The highest BCUT2D eigenvalue weighted by Crippen LogP contribution is 2.42. The van der Waals surface area contributed by atoms with E-state index in [1.54, 1.807) is 42.5 Å². The first-order valence-electron chi connectivity index (χ1n) is 21.5. The molecule has 0 atom stereocenters. The molecule has 0 fully saturated rings. The summed E-state index contributed by atoms with van der Waals surface area (Å²) in [5.41, 5.74) is 6.38. The Hall–Kier alpha value is -6.96. The predicted molar refractivity (Wildman–Crippen MR) is 226 cm³/mol. The number of hydrogen-bond donors (Lipinski definition) is 0. The number of hydrogen-bond acceptors (Lipinski definition) is 1. The van der Waals surface area contributed by atoms with Gasteiger partial charge in [-0.2, -0.15) is 0 Å². The van der Waals surface area contributed by atoms with E-state index in [-0.39, 0.29) is 46.7 Å². The van der Waals surface area contributed by atoms with Gasteiger partial charge in [0, 0.05) is 16.9 Å². The Morgan fingerprint density at radius 2 is 0.717 bits per heavy atom. The molecule has 0 N–H and O–H groups in total. The lowest BCUT2D eigenvalue weighted by Gasteiger charge is -2.28. The molecule has 0 aliphatic carbocycles. The molecule has 1 heteroatoms. The first-order valence-corrected chi connectivity index (χ1v) is 17.5. The van der Waals surface area contributed by atoms with Crippen LogP contribution in [0.2, 0.25) is 0 Å². The van der Waals surface area contributed by atoms with Crippen LogP contribution in [-0.4, -0.2) is 0 Å². The van der Waals surface area contributed by atoms with Crippen LogP contribution in [0.5, 0.6) is 0 Å². The minimum absolute atomic E-state index is 0.102. The summed E-state index contributed by atoms with van der Waals surface area (Å²) in [4.78, 5) is 1.38. The summed E-state index contributed by atoms with van der Waals surface area (Å²) in [6.07, 6.45) is 0. The molecular formula is C52H37N. The second kappa shape index (κ2) is 14.3. The standard InChI is InChI=1S/C52H37N/c1-3-12-38(13-4-1)41-22-25-44(26-23-41)51-20-9-10-21-52(51)53(49-32-28-42(29-33-49)39-14-5-2-6-15-39)50-34-30-43(31-35-50)46-18-11-19-47(36-46)48-27-24-40-16-7-8-17-45(40)37-48/h1-37H/i28D,29D,30D,31D,32D,33D,34D,35D. The van der Waals surface area contributed by atoms with E-state index >= 15 is 0 Å². The van der Waals surface area contributed by atoms with Crippen molar-refractivity contribution in [1.29, 1.82) is 0 Å². The van der Waals surface area contributed by atoms with E-state index in [2.05, 4.69) is 6.07 Å². The summed E-state index contributed by atoms with van der Waals surface area (Å²) in [6, 6.07) is 52.7. The first kappa shape index (κ1) is 24.3. The fraction of sp³-hybridized carbons (Fsp3) is 0. The Balaban J connectivity index is 1.26. The average molecular weight is 684 g/mol. The molecule has 0 heterocycles. The topological polar surface area (TPSA) is 3.24 Å². The van der Waals surface area contributed by atoms with Gasteiger partial charge in [-0.05, 0) is 103 Å². The fourth-order valence-electron chi connectivity index (χ4n) is 6.69. The summed E-state index contributed by atoms with van der Waals surface area (Å²) < 4.78 is 75.7. The summed E-state index contributed by atoms with van der Waals surface area (Å²) in [5, 5.41) is 2.17. The number of nitrogens with zero attached hydrogens (tertiary/aromatic N) is 1. The zero-order valence-electron chi connectivity index (χ0n) is 36.7. The van der Waals surface area contributed by atoms with Crippen molar-refractivity contribution in [2.24, 2.45) is 0 Å². The summed E-state index contributed by atoms with van der Waals surface area (Å²) in [7, 11) is 0. The molecule has 0 aromatic heterocycles. The Morgan fingerprint density at radius 1 is 0.283 bits per heavy atom. The van der Waals surface area contributed by atoms with Crippen molar-refractivity contribution in [3.05, 3.63) is 224 Å². The van der Waals surface area contributed by atoms with Gasteiger partial charge in [-0.25, -0.2) is 0 Å². The molecule has 9 aromatic rings. The van der Waals surface area contributed by atoms with E-state index in [1.807, 2.05) is 127 Å². The minimum atomic E-state index is -0.398. The fourth-order valence-corrected chi connectivity index (χ4v) is 6.69. The summed E-state index contributed by atoms with van der Waals surface area (Å²) in [6.45, 7) is 0. The quantitative estimate of drug-likeness (QED) is 0.154. The van der Waals surface area contributed by atoms with Crippen molar-refractivity contribution in [1.82, 2.24) is 0 Å². The lowest BCUT2D eigenvalue weighted by molar-refractivity contribution is 1.28. The van der Waals surface area contributed by atoms with Gasteiger partial charge >= 0.3 is 0 Å². The SMILES string of the molecule is [2H]c1c([2H])c(N(c2ccccc2-c2ccc(-c3ccccc3)cc2)c2c([2H])c([2H])c(-c3cccc(-c4ccc5ccccc5c4)c3)c([2H])c2[2H])c([2H])c([2H])c1-c1ccccc1. The molecule has 9 rings (SSSR count). The van der Waals surface area contributed by atoms with Gasteiger partial charge in [-0.1, -0.05) is 182 Å². The Labute approximate surface area is 323 Å². The molecule has 0 saturated carbocycles. The van der Waals surface area contributed by atoms with E-state index < -0.39 is 24.2 Å². The molecule has 0 radical (unpaired) electrons. The lowest BCUT2D eigenvalue weighted by Crippen LogP contribution is -2.11. The molecule has 250 valence electrons. The zero-order chi connectivity index (χ0) is 42.4. The largest absolute Gasteiger partial charge is 0.310 e. The van der Waals surface area contributed by atoms with Gasteiger partial charge in [-0.15, -0.1) is 0 Å². The highest BCUT2D eigenvalue weighted by Gasteiger charge is 2.18. The minimum Gasteiger partial charge on any atom is -0.310 e. The smallest absolute Gasteiger partial charge is 0.0645 e. The maximum Gasteiger partial charge on any atom is 0.0645 e. The highest BCUT2D eigenvalue weighted by molar-refractivity contribution is 5.90. The van der Waals surface area contributed by atoms with Crippen molar-refractivity contribution < 1.29 is 11.0 Å². The third-order valence-electron chi connectivity index (χ3n) is 9.42. The van der Waals surface area contributed by atoms with E-state index in [4.69, 9.17) is 0 Å². The van der Waals surface area contributed by atoms with Gasteiger partial charge < -0.3 is 4.90 Å². The van der Waals surface area contributed by atoms with E-state index in [1.165, 1.54) is 4.90 Å². The molecule has 53 heavy (non-hydrogen) atoms. The molecule has 0 aliphatic rings. The number of rotatable bonds is 8.